The van der Waals surface area contributed by atoms with E-state index in [-0.39, 0.29) is 6.67 Å². The second-order valence-corrected chi connectivity index (χ2v) is 10.9. The Morgan fingerprint density at radius 2 is 1.21 bits per heavy atom. The van der Waals surface area contributed by atoms with Crippen molar-refractivity contribution in [2.45, 2.75) is 108 Å². The standard InChI is InChI=1S/C32H45FO/c1-2-24-34-32-21-19-31(20-22-32)30-17-11-27(12-18-30)6-5-26-9-15-29(16-10-26)28-13-7-25(8-14-28)4-3-23-33/h9-12,15-18,25,28,31-32H,2-8,13-14,19-24H2,1H3/t25-,28-,31-,32-. The minimum absolute atomic E-state index is 0.151. The first kappa shape index (κ1) is 25.4. The number of halogens is 1. The van der Waals surface area contributed by atoms with Gasteiger partial charge in [-0.15, -0.1) is 0 Å². The van der Waals surface area contributed by atoms with Gasteiger partial charge in [-0.2, -0.15) is 0 Å². The lowest BCUT2D eigenvalue weighted by Gasteiger charge is -2.29. The number of aryl methyl sites for hydroxylation is 2. The average molecular weight is 465 g/mol. The van der Waals surface area contributed by atoms with Crippen LogP contribution in [0.25, 0.3) is 0 Å². The summed E-state index contributed by atoms with van der Waals surface area (Å²) in [6, 6.07) is 18.9. The van der Waals surface area contributed by atoms with E-state index in [1.54, 1.807) is 0 Å². The van der Waals surface area contributed by atoms with E-state index in [2.05, 4.69) is 55.5 Å². The van der Waals surface area contributed by atoms with Gasteiger partial charge in [0.2, 0.25) is 0 Å². The van der Waals surface area contributed by atoms with Crippen LogP contribution in [0, 0.1) is 5.92 Å². The van der Waals surface area contributed by atoms with E-state index in [9.17, 15) is 4.39 Å². The largest absolute Gasteiger partial charge is 0.378 e. The average Bonchev–Trinajstić information content (AvgIpc) is 2.91. The summed E-state index contributed by atoms with van der Waals surface area (Å²) in [7, 11) is 0. The van der Waals surface area contributed by atoms with Crippen LogP contribution in [0.2, 0.25) is 0 Å². The summed E-state index contributed by atoms with van der Waals surface area (Å²) in [5, 5.41) is 0. The Morgan fingerprint density at radius 3 is 1.68 bits per heavy atom. The maximum atomic E-state index is 12.4. The molecular formula is C32H45FO. The van der Waals surface area contributed by atoms with Crippen LogP contribution < -0.4 is 0 Å². The molecule has 2 aliphatic carbocycles. The van der Waals surface area contributed by atoms with Crippen LogP contribution in [0.5, 0.6) is 0 Å². The first-order valence-electron chi connectivity index (χ1n) is 14.1. The minimum Gasteiger partial charge on any atom is -0.378 e. The molecular weight excluding hydrogens is 419 g/mol. The molecule has 0 heterocycles. The monoisotopic (exact) mass is 464 g/mol. The Hall–Kier alpha value is -1.67. The van der Waals surface area contributed by atoms with Crippen molar-refractivity contribution in [1.29, 1.82) is 0 Å². The fourth-order valence-corrected chi connectivity index (χ4v) is 6.20. The quantitative estimate of drug-likeness (QED) is 0.322. The van der Waals surface area contributed by atoms with Gasteiger partial charge in [-0.05, 0) is 123 Å². The van der Waals surface area contributed by atoms with E-state index in [1.807, 2.05) is 0 Å². The van der Waals surface area contributed by atoms with Crippen LogP contribution in [-0.4, -0.2) is 19.4 Å². The van der Waals surface area contributed by atoms with Gasteiger partial charge in [0.05, 0.1) is 12.8 Å². The van der Waals surface area contributed by atoms with Gasteiger partial charge in [-0.1, -0.05) is 55.5 Å². The topological polar surface area (TPSA) is 9.23 Å². The number of hydrogen-bond acceptors (Lipinski definition) is 1. The van der Waals surface area contributed by atoms with Gasteiger partial charge in [-0.3, -0.25) is 4.39 Å². The van der Waals surface area contributed by atoms with Crippen molar-refractivity contribution in [3.05, 3.63) is 70.8 Å². The molecule has 0 aliphatic heterocycles. The molecule has 2 heteroatoms. The summed E-state index contributed by atoms with van der Waals surface area (Å²) in [6.45, 7) is 2.95. The fourth-order valence-electron chi connectivity index (χ4n) is 6.20. The Labute approximate surface area is 207 Å². The smallest absolute Gasteiger partial charge is 0.0894 e. The predicted octanol–water partition coefficient (Wildman–Crippen LogP) is 8.95. The van der Waals surface area contributed by atoms with E-state index in [0.717, 1.165) is 44.6 Å². The Kier molecular flexibility index (Phi) is 10.0. The lowest BCUT2D eigenvalue weighted by atomic mass is 9.77. The molecule has 4 rings (SSSR count). The van der Waals surface area contributed by atoms with Crippen molar-refractivity contribution in [1.82, 2.24) is 0 Å². The number of rotatable bonds is 11. The normalized spacial score (nSPS) is 25.4. The van der Waals surface area contributed by atoms with Gasteiger partial charge >= 0.3 is 0 Å². The van der Waals surface area contributed by atoms with E-state index < -0.39 is 0 Å². The molecule has 186 valence electrons. The lowest BCUT2D eigenvalue weighted by molar-refractivity contribution is 0.0251. The van der Waals surface area contributed by atoms with E-state index >= 15 is 0 Å². The Balaban J connectivity index is 1.20. The van der Waals surface area contributed by atoms with E-state index in [4.69, 9.17) is 4.74 Å². The molecule has 2 aromatic carbocycles. The molecule has 0 unspecified atom stereocenters. The highest BCUT2D eigenvalue weighted by Crippen LogP contribution is 2.38. The molecule has 0 N–H and O–H groups in total. The molecule has 2 fully saturated rings. The second-order valence-electron chi connectivity index (χ2n) is 10.9. The molecule has 0 atom stereocenters. The molecule has 2 aliphatic rings. The lowest BCUT2D eigenvalue weighted by Crippen LogP contribution is -2.21. The molecule has 2 saturated carbocycles. The maximum Gasteiger partial charge on any atom is 0.0894 e. The third-order valence-electron chi connectivity index (χ3n) is 8.43. The number of ether oxygens (including phenoxy) is 1. The molecule has 34 heavy (non-hydrogen) atoms. The van der Waals surface area contributed by atoms with Crippen LogP contribution in [-0.2, 0) is 17.6 Å². The number of hydrogen-bond donors (Lipinski definition) is 0. The van der Waals surface area contributed by atoms with Crippen molar-refractivity contribution >= 4 is 0 Å². The second kappa shape index (κ2) is 13.4. The summed E-state index contributed by atoms with van der Waals surface area (Å²) < 4.78 is 18.4. The zero-order chi connectivity index (χ0) is 23.6. The highest BCUT2D eigenvalue weighted by atomic mass is 19.1. The van der Waals surface area contributed by atoms with Crippen LogP contribution in [0.1, 0.15) is 112 Å². The first-order valence-corrected chi connectivity index (χ1v) is 14.1. The molecule has 0 saturated heterocycles. The summed E-state index contributed by atoms with van der Waals surface area (Å²) in [5.41, 5.74) is 5.91. The van der Waals surface area contributed by atoms with E-state index in [1.165, 1.54) is 73.6 Å². The van der Waals surface area contributed by atoms with Gasteiger partial charge in [-0.25, -0.2) is 0 Å². The highest BCUT2D eigenvalue weighted by Gasteiger charge is 2.23. The van der Waals surface area contributed by atoms with Gasteiger partial charge in [0.1, 0.15) is 0 Å². The predicted molar refractivity (Wildman–Crippen MR) is 141 cm³/mol. The summed E-state index contributed by atoms with van der Waals surface area (Å²) >= 11 is 0. The molecule has 0 bridgehead atoms. The maximum absolute atomic E-state index is 12.4. The third-order valence-corrected chi connectivity index (χ3v) is 8.43. The van der Waals surface area contributed by atoms with Crippen LogP contribution >= 0.6 is 0 Å². The van der Waals surface area contributed by atoms with Crippen LogP contribution in [0.3, 0.4) is 0 Å². The summed E-state index contributed by atoms with van der Waals surface area (Å²) in [5.74, 6) is 2.17. The van der Waals surface area contributed by atoms with Crippen molar-refractivity contribution in [2.75, 3.05) is 13.3 Å². The SMILES string of the molecule is CCCO[C@H]1CC[C@H](c2ccc(CCc3ccc([C@H]4CC[C@H](CCCF)CC4)cc3)cc2)CC1. The minimum atomic E-state index is -0.151. The molecule has 0 spiro atoms. The van der Waals surface area contributed by atoms with Crippen molar-refractivity contribution in [3.8, 4) is 0 Å². The van der Waals surface area contributed by atoms with Gasteiger partial charge in [0.15, 0.2) is 0 Å². The summed E-state index contributed by atoms with van der Waals surface area (Å²) in [6.07, 6.45) is 15.7. The molecule has 1 nitrogen and oxygen atoms in total. The Bertz CT molecular complexity index is 740. The van der Waals surface area contributed by atoms with Gasteiger partial charge in [0.25, 0.3) is 0 Å². The van der Waals surface area contributed by atoms with Crippen molar-refractivity contribution < 1.29 is 9.13 Å². The highest BCUT2D eigenvalue weighted by molar-refractivity contribution is 5.29. The molecule has 0 aromatic heterocycles. The number of benzene rings is 2. The molecule has 0 radical (unpaired) electrons. The van der Waals surface area contributed by atoms with Crippen molar-refractivity contribution in [2.24, 2.45) is 5.92 Å². The van der Waals surface area contributed by atoms with Crippen LogP contribution in [0.15, 0.2) is 48.5 Å². The zero-order valence-electron chi connectivity index (χ0n) is 21.3. The van der Waals surface area contributed by atoms with Crippen molar-refractivity contribution in [3.63, 3.8) is 0 Å². The van der Waals surface area contributed by atoms with Gasteiger partial charge < -0.3 is 4.74 Å². The van der Waals surface area contributed by atoms with E-state index in [0.29, 0.717) is 17.9 Å². The van der Waals surface area contributed by atoms with Gasteiger partial charge in [0, 0.05) is 6.61 Å². The fraction of sp³-hybridized carbons (Fsp3) is 0.625. The Morgan fingerprint density at radius 1 is 0.706 bits per heavy atom. The zero-order valence-corrected chi connectivity index (χ0v) is 21.3. The van der Waals surface area contributed by atoms with Crippen LogP contribution in [0.4, 0.5) is 4.39 Å². The molecule has 2 aromatic rings. The first-order chi connectivity index (χ1) is 16.7. The number of alkyl halides is 1. The molecule has 0 amide bonds. The summed E-state index contributed by atoms with van der Waals surface area (Å²) in [4.78, 5) is 0. The third kappa shape index (κ3) is 7.41.